The topological polar surface area (TPSA) is 29.5 Å². The lowest BCUT2D eigenvalue weighted by atomic mass is 9.90. The van der Waals surface area contributed by atoms with E-state index in [-0.39, 0.29) is 11.8 Å². The summed E-state index contributed by atoms with van der Waals surface area (Å²) < 4.78 is 5.07. The third kappa shape index (κ3) is 3.36. The number of alkyl halides is 1. The number of halogens is 1. The highest BCUT2D eigenvalue weighted by Crippen LogP contribution is 2.31. The van der Waals surface area contributed by atoms with Gasteiger partial charge in [-0.25, -0.2) is 0 Å². The molecule has 0 aromatic carbocycles. The van der Waals surface area contributed by atoms with Crippen LogP contribution in [0, 0.1) is 0 Å². The van der Waals surface area contributed by atoms with Gasteiger partial charge in [0, 0.05) is 19.4 Å². The Morgan fingerprint density at radius 1 is 1.28 bits per heavy atom. The number of nitrogens with zero attached hydrogens (tertiary/aromatic N) is 1. The zero-order valence-electron chi connectivity index (χ0n) is 11.7. The van der Waals surface area contributed by atoms with Gasteiger partial charge in [-0.3, -0.25) is 4.79 Å². The van der Waals surface area contributed by atoms with E-state index in [0.29, 0.717) is 13.2 Å². The van der Waals surface area contributed by atoms with Gasteiger partial charge in [-0.1, -0.05) is 5.57 Å². The summed E-state index contributed by atoms with van der Waals surface area (Å²) in [6.45, 7) is 7.44. The number of amides is 1. The molecule has 0 bridgehead atoms. The largest absolute Gasteiger partial charge is 0.383 e. The number of carbonyl (C=O) groups excluding carboxylic acids is 1. The molecule has 0 aliphatic heterocycles. The second-order valence-corrected chi connectivity index (χ2v) is 4.92. The Balaban J connectivity index is 3.02. The molecule has 1 aliphatic carbocycles. The molecule has 1 amide bonds. The molecular formula is C14H22ClNO2. The van der Waals surface area contributed by atoms with Gasteiger partial charge < -0.3 is 9.64 Å². The lowest BCUT2D eigenvalue weighted by Crippen LogP contribution is -2.35. The zero-order valence-corrected chi connectivity index (χ0v) is 12.4. The van der Waals surface area contributed by atoms with Crippen LogP contribution >= 0.6 is 11.6 Å². The van der Waals surface area contributed by atoms with Gasteiger partial charge in [-0.15, -0.1) is 11.6 Å². The van der Waals surface area contributed by atoms with Crippen LogP contribution in [0.5, 0.6) is 0 Å². The maximum absolute atomic E-state index is 11.9. The van der Waals surface area contributed by atoms with Crippen LogP contribution in [-0.4, -0.2) is 36.9 Å². The van der Waals surface area contributed by atoms with Gasteiger partial charge in [0.2, 0.25) is 5.91 Å². The number of allylic oxidation sites excluding steroid dienone is 4. The minimum absolute atomic E-state index is 0.0161. The van der Waals surface area contributed by atoms with Crippen molar-refractivity contribution in [2.75, 3.05) is 26.1 Å². The highest BCUT2D eigenvalue weighted by Gasteiger charge is 2.22. The SMILES string of the molecule is COCCN(C(=O)CCl)C1=C(C)C(C)=C(C)CC1. The second-order valence-electron chi connectivity index (χ2n) is 4.65. The maximum atomic E-state index is 11.9. The maximum Gasteiger partial charge on any atom is 0.241 e. The van der Waals surface area contributed by atoms with Crippen molar-refractivity contribution in [2.45, 2.75) is 33.6 Å². The Hall–Kier alpha value is -0.800. The minimum Gasteiger partial charge on any atom is -0.383 e. The Morgan fingerprint density at radius 3 is 2.50 bits per heavy atom. The predicted octanol–water partition coefficient (Wildman–Crippen LogP) is 3.10. The predicted molar refractivity (Wildman–Crippen MR) is 74.6 cm³/mol. The first-order chi connectivity index (χ1) is 8.52. The van der Waals surface area contributed by atoms with Crippen LogP contribution in [0.4, 0.5) is 0 Å². The van der Waals surface area contributed by atoms with Crippen molar-refractivity contribution < 1.29 is 9.53 Å². The first kappa shape index (κ1) is 15.3. The van der Waals surface area contributed by atoms with Crippen molar-refractivity contribution in [3.63, 3.8) is 0 Å². The van der Waals surface area contributed by atoms with E-state index >= 15 is 0 Å². The van der Waals surface area contributed by atoms with E-state index in [9.17, 15) is 4.79 Å². The number of rotatable bonds is 5. The van der Waals surface area contributed by atoms with Crippen LogP contribution in [0.15, 0.2) is 22.4 Å². The van der Waals surface area contributed by atoms with E-state index < -0.39 is 0 Å². The number of hydrogen-bond acceptors (Lipinski definition) is 2. The Kier molecular flexibility index (Phi) is 5.89. The normalized spacial score (nSPS) is 16.3. The average Bonchev–Trinajstić information content (AvgIpc) is 2.38. The highest BCUT2D eigenvalue weighted by atomic mass is 35.5. The first-order valence-electron chi connectivity index (χ1n) is 6.24. The monoisotopic (exact) mass is 271 g/mol. The molecule has 0 N–H and O–H groups in total. The van der Waals surface area contributed by atoms with E-state index in [1.165, 1.54) is 16.7 Å². The van der Waals surface area contributed by atoms with Gasteiger partial charge in [-0.2, -0.15) is 0 Å². The van der Waals surface area contributed by atoms with Crippen molar-refractivity contribution in [3.8, 4) is 0 Å². The van der Waals surface area contributed by atoms with E-state index in [1.54, 1.807) is 12.0 Å². The summed E-state index contributed by atoms with van der Waals surface area (Å²) >= 11 is 5.69. The molecule has 0 saturated carbocycles. The molecular weight excluding hydrogens is 250 g/mol. The van der Waals surface area contributed by atoms with Crippen LogP contribution in [-0.2, 0) is 9.53 Å². The van der Waals surface area contributed by atoms with E-state index in [4.69, 9.17) is 16.3 Å². The van der Waals surface area contributed by atoms with Crippen molar-refractivity contribution in [3.05, 3.63) is 22.4 Å². The summed E-state index contributed by atoms with van der Waals surface area (Å²) in [5.41, 5.74) is 5.00. The molecule has 0 spiro atoms. The van der Waals surface area contributed by atoms with E-state index in [2.05, 4.69) is 20.8 Å². The zero-order chi connectivity index (χ0) is 13.7. The van der Waals surface area contributed by atoms with Crippen molar-refractivity contribution in [1.82, 2.24) is 4.90 Å². The lowest BCUT2D eigenvalue weighted by molar-refractivity contribution is -0.127. The molecule has 1 rings (SSSR count). The van der Waals surface area contributed by atoms with E-state index in [1.807, 2.05) is 0 Å². The van der Waals surface area contributed by atoms with Crippen molar-refractivity contribution in [1.29, 1.82) is 0 Å². The molecule has 0 aromatic heterocycles. The molecule has 0 heterocycles. The highest BCUT2D eigenvalue weighted by molar-refractivity contribution is 6.27. The smallest absolute Gasteiger partial charge is 0.241 e. The molecule has 1 aliphatic rings. The van der Waals surface area contributed by atoms with Gasteiger partial charge >= 0.3 is 0 Å². The van der Waals surface area contributed by atoms with Gasteiger partial charge in [-0.05, 0) is 44.8 Å². The molecule has 0 aromatic rings. The molecule has 0 unspecified atom stereocenters. The second kappa shape index (κ2) is 6.95. The Bertz CT molecular complexity index is 385. The summed E-state index contributed by atoms with van der Waals surface area (Å²) in [4.78, 5) is 13.7. The Labute approximate surface area is 114 Å². The third-order valence-electron chi connectivity index (χ3n) is 3.63. The van der Waals surface area contributed by atoms with Crippen LogP contribution in [0.3, 0.4) is 0 Å². The molecule has 0 saturated heterocycles. The van der Waals surface area contributed by atoms with Gasteiger partial charge in [0.05, 0.1) is 6.61 Å². The van der Waals surface area contributed by atoms with Gasteiger partial charge in [0.15, 0.2) is 0 Å². The van der Waals surface area contributed by atoms with Crippen molar-refractivity contribution >= 4 is 17.5 Å². The molecule has 0 radical (unpaired) electrons. The molecule has 102 valence electrons. The fourth-order valence-electron chi connectivity index (χ4n) is 2.22. The van der Waals surface area contributed by atoms with Crippen LogP contribution < -0.4 is 0 Å². The van der Waals surface area contributed by atoms with Crippen LogP contribution in [0.1, 0.15) is 33.6 Å². The minimum atomic E-state index is -0.0459. The summed E-state index contributed by atoms with van der Waals surface area (Å²) in [6, 6.07) is 0. The third-order valence-corrected chi connectivity index (χ3v) is 3.86. The fourth-order valence-corrected chi connectivity index (χ4v) is 2.36. The first-order valence-corrected chi connectivity index (χ1v) is 6.78. The molecule has 0 atom stereocenters. The van der Waals surface area contributed by atoms with Gasteiger partial charge in [0.1, 0.15) is 5.88 Å². The van der Waals surface area contributed by atoms with Crippen molar-refractivity contribution in [2.24, 2.45) is 0 Å². The Morgan fingerprint density at radius 2 is 1.94 bits per heavy atom. The number of carbonyl (C=O) groups is 1. The molecule has 3 nitrogen and oxygen atoms in total. The summed E-state index contributed by atoms with van der Waals surface area (Å²) in [6.07, 6.45) is 1.92. The summed E-state index contributed by atoms with van der Waals surface area (Å²) in [5, 5.41) is 0. The van der Waals surface area contributed by atoms with Crippen LogP contribution in [0.2, 0.25) is 0 Å². The standard InChI is InChI=1S/C14H22ClNO2/c1-10-5-6-13(12(3)11(10)2)16(7-8-18-4)14(17)9-15/h5-9H2,1-4H3. The fraction of sp³-hybridized carbons (Fsp3) is 0.643. The number of ether oxygens (including phenoxy) is 1. The summed E-state index contributed by atoms with van der Waals surface area (Å²) in [5.74, 6) is -0.0298. The van der Waals surface area contributed by atoms with E-state index in [0.717, 1.165) is 18.5 Å². The average molecular weight is 272 g/mol. The molecule has 4 heteroatoms. The summed E-state index contributed by atoms with van der Waals surface area (Å²) in [7, 11) is 1.64. The number of hydrogen-bond donors (Lipinski definition) is 0. The number of methoxy groups -OCH3 is 1. The van der Waals surface area contributed by atoms with Crippen LogP contribution in [0.25, 0.3) is 0 Å². The molecule has 18 heavy (non-hydrogen) atoms. The lowest BCUT2D eigenvalue weighted by Gasteiger charge is -2.30. The van der Waals surface area contributed by atoms with Gasteiger partial charge in [0.25, 0.3) is 0 Å². The molecule has 0 fully saturated rings. The quantitative estimate of drug-likeness (QED) is 0.719.